The van der Waals surface area contributed by atoms with Gasteiger partial charge in [0.1, 0.15) is 11.2 Å². The van der Waals surface area contributed by atoms with Gasteiger partial charge >= 0.3 is 0 Å². The van der Waals surface area contributed by atoms with Crippen molar-refractivity contribution in [3.63, 3.8) is 0 Å². The van der Waals surface area contributed by atoms with Gasteiger partial charge in [-0.1, -0.05) is 12.1 Å². The van der Waals surface area contributed by atoms with E-state index in [1.54, 1.807) is 18.0 Å². The molecule has 4 heterocycles. The second-order valence-electron chi connectivity index (χ2n) is 6.37. The van der Waals surface area contributed by atoms with Crippen LogP contribution >= 0.6 is 15.9 Å². The Morgan fingerprint density at radius 2 is 2.15 bits per heavy atom. The molecule has 0 amide bonds. The van der Waals surface area contributed by atoms with Gasteiger partial charge in [-0.05, 0) is 42.3 Å². The number of nitrogens with zero attached hydrogens (tertiary/aromatic N) is 6. The van der Waals surface area contributed by atoms with Gasteiger partial charge in [-0.25, -0.2) is 9.67 Å². The van der Waals surface area contributed by atoms with Crippen molar-refractivity contribution >= 4 is 49.8 Å². The van der Waals surface area contributed by atoms with Crippen molar-refractivity contribution in [1.82, 2.24) is 34.9 Å². The lowest BCUT2D eigenvalue weighted by molar-refractivity contribution is 0.403. The number of H-pyrrole nitrogens is 1. The number of fused-ring (bicyclic) bond motifs is 2. The van der Waals surface area contributed by atoms with E-state index in [9.17, 15) is 0 Å². The second kappa shape index (κ2) is 6.76. The highest BCUT2D eigenvalue weighted by atomic mass is 79.9. The van der Waals surface area contributed by atoms with E-state index in [4.69, 9.17) is 4.74 Å². The topological polar surface area (TPSA) is 106 Å². The number of nitrogens with one attached hydrogen (secondary N) is 2. The number of pyridine rings is 1. The summed E-state index contributed by atoms with van der Waals surface area (Å²) >= 11 is 3.60. The number of aryl methyl sites for hydroxylation is 1. The molecule has 0 radical (unpaired) electrons. The lowest BCUT2D eigenvalue weighted by atomic mass is 10.3. The number of hydrogen-bond acceptors (Lipinski definition) is 7. The van der Waals surface area contributed by atoms with Crippen LogP contribution in [-0.4, -0.2) is 42.0 Å². The molecule has 140 valence electrons. The van der Waals surface area contributed by atoms with Crippen LogP contribution in [0.1, 0.15) is 32.5 Å². The number of methoxy groups -OCH3 is 1. The first-order valence-electron chi connectivity index (χ1n) is 8.61. The summed E-state index contributed by atoms with van der Waals surface area (Å²) in [6.45, 7) is 6.15. The Labute approximate surface area is 163 Å². The maximum atomic E-state index is 5.46. The minimum Gasteiger partial charge on any atom is -0.480 e. The molecule has 27 heavy (non-hydrogen) atoms. The number of hydrogen-bond donors (Lipinski definition) is 2. The molecule has 0 aliphatic carbocycles. The molecule has 0 saturated carbocycles. The SMILES string of the molecule is CCc1[nH]c2nc(Nc3cnc4c(c3)nnn4C(C)C)nc(OC)c2c1Br. The lowest BCUT2D eigenvalue weighted by Crippen LogP contribution is -2.04. The van der Waals surface area contributed by atoms with Crippen molar-refractivity contribution in [2.24, 2.45) is 0 Å². The van der Waals surface area contributed by atoms with E-state index in [-0.39, 0.29) is 6.04 Å². The summed E-state index contributed by atoms with van der Waals surface area (Å²) in [4.78, 5) is 16.8. The average molecular weight is 431 g/mol. The fraction of sp³-hybridized carbons (Fsp3) is 0.353. The van der Waals surface area contributed by atoms with Crippen LogP contribution < -0.4 is 10.1 Å². The maximum absolute atomic E-state index is 5.46. The highest BCUT2D eigenvalue weighted by Crippen LogP contribution is 2.34. The van der Waals surface area contributed by atoms with Crippen LogP contribution in [-0.2, 0) is 6.42 Å². The van der Waals surface area contributed by atoms with Gasteiger partial charge in [0.15, 0.2) is 5.65 Å². The van der Waals surface area contributed by atoms with Gasteiger partial charge in [-0.15, -0.1) is 5.10 Å². The first-order chi connectivity index (χ1) is 13.0. The van der Waals surface area contributed by atoms with Crippen molar-refractivity contribution in [3.05, 3.63) is 22.4 Å². The highest BCUT2D eigenvalue weighted by Gasteiger charge is 2.17. The van der Waals surface area contributed by atoms with Crippen LogP contribution in [0, 0.1) is 0 Å². The van der Waals surface area contributed by atoms with Gasteiger partial charge in [-0.3, -0.25) is 0 Å². The molecule has 4 aromatic rings. The van der Waals surface area contributed by atoms with E-state index in [0.717, 1.165) is 33.3 Å². The Bertz CT molecular complexity index is 1130. The summed E-state index contributed by atoms with van der Waals surface area (Å²) in [6, 6.07) is 2.06. The predicted molar refractivity (Wildman–Crippen MR) is 107 cm³/mol. The number of rotatable bonds is 5. The van der Waals surface area contributed by atoms with Crippen LogP contribution in [0.15, 0.2) is 16.7 Å². The van der Waals surface area contributed by atoms with Gasteiger partial charge < -0.3 is 15.0 Å². The Balaban J connectivity index is 1.73. The zero-order chi connectivity index (χ0) is 19.1. The third-order valence-corrected chi connectivity index (χ3v) is 5.11. The van der Waals surface area contributed by atoms with E-state index < -0.39 is 0 Å². The summed E-state index contributed by atoms with van der Waals surface area (Å²) in [7, 11) is 1.59. The minimum atomic E-state index is 0.190. The zero-order valence-corrected chi connectivity index (χ0v) is 17.0. The Kier molecular flexibility index (Phi) is 4.42. The van der Waals surface area contributed by atoms with Gasteiger partial charge in [0.2, 0.25) is 11.8 Å². The van der Waals surface area contributed by atoms with Crippen LogP contribution in [0.5, 0.6) is 5.88 Å². The van der Waals surface area contributed by atoms with E-state index in [0.29, 0.717) is 23.0 Å². The number of halogens is 1. The van der Waals surface area contributed by atoms with Gasteiger partial charge in [0.25, 0.3) is 0 Å². The quantitative estimate of drug-likeness (QED) is 0.496. The molecule has 4 rings (SSSR count). The molecule has 0 bridgehead atoms. The molecule has 0 aliphatic rings. The first kappa shape index (κ1) is 17.7. The summed E-state index contributed by atoms with van der Waals surface area (Å²) in [5.41, 5.74) is 3.92. The van der Waals surface area contributed by atoms with Crippen LogP contribution in [0.4, 0.5) is 11.6 Å². The van der Waals surface area contributed by atoms with Crippen molar-refractivity contribution in [3.8, 4) is 5.88 Å². The molecule has 0 aliphatic heterocycles. The number of aromatic nitrogens is 7. The van der Waals surface area contributed by atoms with Crippen molar-refractivity contribution in [2.75, 3.05) is 12.4 Å². The fourth-order valence-corrected chi connectivity index (χ4v) is 3.64. The molecule has 0 unspecified atom stereocenters. The average Bonchev–Trinajstić information content (AvgIpc) is 3.22. The monoisotopic (exact) mass is 430 g/mol. The Morgan fingerprint density at radius 3 is 2.85 bits per heavy atom. The lowest BCUT2D eigenvalue weighted by Gasteiger charge is -2.08. The Morgan fingerprint density at radius 1 is 1.33 bits per heavy atom. The van der Waals surface area contributed by atoms with Crippen molar-refractivity contribution < 1.29 is 4.74 Å². The first-order valence-corrected chi connectivity index (χ1v) is 9.41. The minimum absolute atomic E-state index is 0.190. The molecule has 10 heteroatoms. The van der Waals surface area contributed by atoms with E-state index in [1.807, 2.05) is 19.9 Å². The number of ether oxygens (including phenoxy) is 1. The third kappa shape index (κ3) is 2.99. The number of anilines is 2. The molecule has 0 spiro atoms. The third-order valence-electron chi connectivity index (χ3n) is 4.23. The fourth-order valence-electron chi connectivity index (χ4n) is 2.90. The van der Waals surface area contributed by atoms with E-state index in [1.165, 1.54) is 0 Å². The van der Waals surface area contributed by atoms with Crippen molar-refractivity contribution in [2.45, 2.75) is 33.2 Å². The van der Waals surface area contributed by atoms with Crippen molar-refractivity contribution in [1.29, 1.82) is 0 Å². The normalized spacial score (nSPS) is 11.6. The standard InChI is InChI=1S/C17H19BrN8O/c1-5-10-13(18)12-14(21-10)22-17(23-16(12)27-4)20-9-6-11-15(19-7-9)26(8(2)3)25-24-11/h6-8H,5H2,1-4H3,(H2,20,21,22,23). The molecule has 2 N–H and O–H groups in total. The molecule has 4 aromatic heterocycles. The largest absolute Gasteiger partial charge is 0.480 e. The molecular formula is C17H19BrN8O. The molecule has 0 saturated heterocycles. The van der Waals surface area contributed by atoms with E-state index in [2.05, 4.69) is 58.4 Å². The van der Waals surface area contributed by atoms with Gasteiger partial charge in [0, 0.05) is 5.69 Å². The van der Waals surface area contributed by atoms with Crippen LogP contribution in [0.25, 0.3) is 22.2 Å². The molecule has 0 fully saturated rings. The molecule has 0 atom stereocenters. The molecule has 0 aromatic carbocycles. The number of aromatic amines is 1. The Hall–Kier alpha value is -2.75. The summed E-state index contributed by atoms with van der Waals surface area (Å²) < 4.78 is 8.17. The summed E-state index contributed by atoms with van der Waals surface area (Å²) in [5.74, 6) is 0.901. The molecule has 9 nitrogen and oxygen atoms in total. The smallest absolute Gasteiger partial charge is 0.232 e. The van der Waals surface area contributed by atoms with Gasteiger partial charge in [-0.2, -0.15) is 9.97 Å². The predicted octanol–water partition coefficient (Wildman–Crippen LogP) is 3.76. The molecular weight excluding hydrogens is 412 g/mol. The van der Waals surface area contributed by atoms with E-state index >= 15 is 0 Å². The second-order valence-corrected chi connectivity index (χ2v) is 7.16. The highest BCUT2D eigenvalue weighted by molar-refractivity contribution is 9.10. The zero-order valence-electron chi connectivity index (χ0n) is 15.4. The maximum Gasteiger partial charge on any atom is 0.232 e. The summed E-state index contributed by atoms with van der Waals surface area (Å²) in [5, 5.41) is 12.3. The van der Waals surface area contributed by atoms with Crippen LogP contribution in [0.2, 0.25) is 0 Å². The summed E-state index contributed by atoms with van der Waals surface area (Å²) in [6.07, 6.45) is 2.56. The van der Waals surface area contributed by atoms with Crippen LogP contribution in [0.3, 0.4) is 0 Å². The van der Waals surface area contributed by atoms with Gasteiger partial charge in [0.05, 0.1) is 34.9 Å².